The van der Waals surface area contributed by atoms with Gasteiger partial charge in [0.2, 0.25) is 5.91 Å². The zero-order valence-electron chi connectivity index (χ0n) is 10.1. The molecule has 0 fully saturated rings. The monoisotopic (exact) mass is 250 g/mol. The van der Waals surface area contributed by atoms with Gasteiger partial charge in [-0.2, -0.15) is 11.8 Å². The molecular weight excluding hydrogens is 232 g/mol. The van der Waals surface area contributed by atoms with Crippen LogP contribution in [0.3, 0.4) is 0 Å². The molecule has 1 amide bonds. The summed E-state index contributed by atoms with van der Waals surface area (Å²) in [5.74, 6) is -0.0669. The normalized spacial score (nSPS) is 12.6. The van der Waals surface area contributed by atoms with Crippen molar-refractivity contribution in [2.45, 2.75) is 12.2 Å². The van der Waals surface area contributed by atoms with Crippen LogP contribution in [0.4, 0.5) is 5.69 Å². The molecule has 1 aromatic rings. The summed E-state index contributed by atoms with van der Waals surface area (Å²) in [6, 6.07) is 7.38. The highest BCUT2D eigenvalue weighted by atomic mass is 32.2. The highest BCUT2D eigenvalue weighted by Gasteiger charge is 2.00. The molecule has 4 heteroatoms. The van der Waals surface area contributed by atoms with Crippen LogP contribution >= 0.6 is 11.8 Å². The van der Waals surface area contributed by atoms with Crippen molar-refractivity contribution >= 4 is 29.4 Å². The van der Waals surface area contributed by atoms with Gasteiger partial charge in [-0.3, -0.25) is 4.79 Å². The van der Waals surface area contributed by atoms with Crippen molar-refractivity contribution in [2.24, 2.45) is 0 Å². The van der Waals surface area contributed by atoms with Gasteiger partial charge in [-0.05, 0) is 30.0 Å². The Morgan fingerprint density at radius 1 is 1.47 bits per heavy atom. The largest absolute Gasteiger partial charge is 0.399 e. The van der Waals surface area contributed by atoms with Crippen LogP contribution < -0.4 is 11.1 Å². The minimum atomic E-state index is -0.0669. The lowest BCUT2D eigenvalue weighted by atomic mass is 10.2. The third-order valence-corrected chi connectivity index (χ3v) is 3.30. The third kappa shape index (κ3) is 5.45. The van der Waals surface area contributed by atoms with Crippen molar-refractivity contribution in [1.82, 2.24) is 5.32 Å². The topological polar surface area (TPSA) is 55.1 Å². The summed E-state index contributed by atoms with van der Waals surface area (Å²) in [4.78, 5) is 11.5. The number of nitrogen functional groups attached to an aromatic ring is 1. The van der Waals surface area contributed by atoms with Crippen molar-refractivity contribution in [2.75, 3.05) is 18.5 Å². The number of benzene rings is 1. The zero-order valence-corrected chi connectivity index (χ0v) is 11.0. The van der Waals surface area contributed by atoms with E-state index in [-0.39, 0.29) is 5.91 Å². The standard InChI is InChI=1S/C13H18N2OS/c1-10(17-2)9-15-13(16)8-5-11-3-6-12(14)7-4-11/h3-8,10H,9,14H2,1-2H3,(H,15,16)/b8-5+. The van der Waals surface area contributed by atoms with E-state index in [1.807, 2.05) is 30.5 Å². The lowest BCUT2D eigenvalue weighted by Gasteiger charge is -2.07. The third-order valence-electron chi connectivity index (χ3n) is 2.33. The first-order valence-electron chi connectivity index (χ1n) is 5.46. The van der Waals surface area contributed by atoms with Gasteiger partial charge in [-0.15, -0.1) is 0 Å². The number of nitrogens with two attached hydrogens (primary N) is 1. The molecule has 1 unspecified atom stereocenters. The van der Waals surface area contributed by atoms with Gasteiger partial charge in [0.25, 0.3) is 0 Å². The summed E-state index contributed by atoms with van der Waals surface area (Å²) in [6.07, 6.45) is 5.35. The molecule has 1 aromatic carbocycles. The maximum atomic E-state index is 11.5. The summed E-state index contributed by atoms with van der Waals surface area (Å²) in [5, 5.41) is 3.28. The number of hydrogen-bond acceptors (Lipinski definition) is 3. The van der Waals surface area contributed by atoms with E-state index in [1.165, 1.54) is 0 Å². The first-order valence-corrected chi connectivity index (χ1v) is 6.75. The lowest BCUT2D eigenvalue weighted by molar-refractivity contribution is -0.116. The van der Waals surface area contributed by atoms with Crippen molar-refractivity contribution in [3.05, 3.63) is 35.9 Å². The van der Waals surface area contributed by atoms with Gasteiger partial charge in [0, 0.05) is 23.6 Å². The Bertz CT molecular complexity index is 387. The van der Waals surface area contributed by atoms with E-state index in [9.17, 15) is 4.79 Å². The Labute approximate surface area is 106 Å². The Hall–Kier alpha value is -1.42. The average molecular weight is 250 g/mol. The fourth-order valence-electron chi connectivity index (χ4n) is 1.17. The van der Waals surface area contributed by atoms with E-state index >= 15 is 0 Å². The van der Waals surface area contributed by atoms with Gasteiger partial charge in [-0.1, -0.05) is 19.1 Å². The van der Waals surface area contributed by atoms with Crippen molar-refractivity contribution in [3.8, 4) is 0 Å². The maximum absolute atomic E-state index is 11.5. The number of anilines is 1. The molecule has 0 saturated heterocycles. The SMILES string of the molecule is CSC(C)CNC(=O)/C=C/c1ccc(N)cc1. The summed E-state index contributed by atoms with van der Waals surface area (Å²) < 4.78 is 0. The number of nitrogens with one attached hydrogen (secondary N) is 1. The minimum Gasteiger partial charge on any atom is -0.399 e. The van der Waals surface area contributed by atoms with E-state index < -0.39 is 0 Å². The van der Waals surface area contributed by atoms with Crippen LogP contribution in [0.2, 0.25) is 0 Å². The van der Waals surface area contributed by atoms with Crippen molar-refractivity contribution in [3.63, 3.8) is 0 Å². The Kier molecular flexibility index (Phi) is 5.63. The van der Waals surface area contributed by atoms with Crippen LogP contribution in [0.1, 0.15) is 12.5 Å². The highest BCUT2D eigenvalue weighted by molar-refractivity contribution is 7.99. The first kappa shape index (κ1) is 13.6. The summed E-state index contributed by atoms with van der Waals surface area (Å²) in [6.45, 7) is 2.76. The van der Waals surface area contributed by atoms with Gasteiger partial charge >= 0.3 is 0 Å². The molecule has 0 saturated carbocycles. The number of thioether (sulfide) groups is 1. The predicted octanol–water partition coefficient (Wildman–Crippen LogP) is 2.15. The van der Waals surface area contributed by atoms with Gasteiger partial charge < -0.3 is 11.1 Å². The van der Waals surface area contributed by atoms with E-state index in [1.54, 1.807) is 23.9 Å². The van der Waals surface area contributed by atoms with Crippen molar-refractivity contribution < 1.29 is 4.79 Å². The molecule has 0 aliphatic heterocycles. The van der Waals surface area contributed by atoms with Crippen LogP contribution in [-0.2, 0) is 4.79 Å². The number of rotatable bonds is 5. The number of hydrogen-bond donors (Lipinski definition) is 2. The Morgan fingerprint density at radius 3 is 2.71 bits per heavy atom. The van der Waals surface area contributed by atoms with Crippen LogP contribution in [0.5, 0.6) is 0 Å². The van der Waals surface area contributed by atoms with Crippen molar-refractivity contribution in [1.29, 1.82) is 0 Å². The second-order valence-electron chi connectivity index (χ2n) is 3.79. The quantitative estimate of drug-likeness (QED) is 0.622. The van der Waals surface area contributed by atoms with Crippen LogP contribution in [-0.4, -0.2) is 24.0 Å². The van der Waals surface area contributed by atoms with Crippen LogP contribution in [0.15, 0.2) is 30.3 Å². The second-order valence-corrected chi connectivity index (χ2v) is 5.07. The zero-order chi connectivity index (χ0) is 12.7. The summed E-state index contributed by atoms with van der Waals surface area (Å²) in [5.41, 5.74) is 7.26. The van der Waals surface area contributed by atoms with Gasteiger partial charge in [0.15, 0.2) is 0 Å². The first-order chi connectivity index (χ1) is 8.11. The Balaban J connectivity index is 2.42. The average Bonchev–Trinajstić information content (AvgIpc) is 2.35. The maximum Gasteiger partial charge on any atom is 0.244 e. The molecule has 1 rings (SSSR count). The van der Waals surface area contributed by atoms with E-state index in [0.29, 0.717) is 11.8 Å². The molecular formula is C13H18N2OS. The molecule has 3 nitrogen and oxygen atoms in total. The number of carbonyl (C=O) groups is 1. The van der Waals surface area contributed by atoms with Gasteiger partial charge in [-0.25, -0.2) is 0 Å². The van der Waals surface area contributed by atoms with Crippen LogP contribution in [0, 0.1) is 0 Å². The predicted molar refractivity (Wildman–Crippen MR) is 75.9 cm³/mol. The molecule has 92 valence electrons. The number of amides is 1. The molecule has 3 N–H and O–H groups in total. The summed E-state index contributed by atoms with van der Waals surface area (Å²) >= 11 is 1.73. The smallest absolute Gasteiger partial charge is 0.244 e. The molecule has 17 heavy (non-hydrogen) atoms. The Morgan fingerprint density at radius 2 is 2.12 bits per heavy atom. The molecule has 0 bridgehead atoms. The highest BCUT2D eigenvalue weighted by Crippen LogP contribution is 2.07. The molecule has 1 atom stereocenters. The van der Waals surface area contributed by atoms with E-state index in [4.69, 9.17) is 5.73 Å². The molecule has 0 aromatic heterocycles. The fourth-order valence-corrected chi connectivity index (χ4v) is 1.42. The number of carbonyl (C=O) groups excluding carboxylic acids is 1. The summed E-state index contributed by atoms with van der Waals surface area (Å²) in [7, 11) is 0. The van der Waals surface area contributed by atoms with E-state index in [2.05, 4.69) is 12.2 Å². The minimum absolute atomic E-state index is 0.0669. The molecule has 0 aliphatic carbocycles. The van der Waals surface area contributed by atoms with Crippen LogP contribution in [0.25, 0.3) is 6.08 Å². The molecule has 0 radical (unpaired) electrons. The lowest BCUT2D eigenvalue weighted by Crippen LogP contribution is -2.27. The van der Waals surface area contributed by atoms with Gasteiger partial charge in [0.1, 0.15) is 0 Å². The van der Waals surface area contributed by atoms with E-state index in [0.717, 1.165) is 11.3 Å². The van der Waals surface area contributed by atoms with Gasteiger partial charge in [0.05, 0.1) is 0 Å². The fraction of sp³-hybridized carbons (Fsp3) is 0.308. The molecule has 0 heterocycles. The second kappa shape index (κ2) is 7.01. The molecule has 0 aliphatic rings. The molecule has 0 spiro atoms.